The van der Waals surface area contributed by atoms with Gasteiger partial charge in [0.2, 0.25) is 0 Å². The highest BCUT2D eigenvalue weighted by molar-refractivity contribution is 6.33. The second kappa shape index (κ2) is 5.27. The van der Waals surface area contributed by atoms with Crippen molar-refractivity contribution in [3.05, 3.63) is 68.3 Å². The average molecular weight is 320 g/mol. The van der Waals surface area contributed by atoms with Gasteiger partial charge in [-0.2, -0.15) is 0 Å². The first-order chi connectivity index (χ1) is 10.1. The zero-order chi connectivity index (χ0) is 15.0. The third-order valence-corrected chi connectivity index (χ3v) is 3.45. The van der Waals surface area contributed by atoms with E-state index in [-0.39, 0.29) is 21.1 Å². The number of benzene rings is 1. The predicted octanol–water partition coefficient (Wildman–Crippen LogP) is 2.60. The topological polar surface area (TPSA) is 69.8 Å². The Kier molecular flexibility index (Phi) is 3.45. The normalized spacial score (nSPS) is 10.8. The first kappa shape index (κ1) is 13.7. The molecule has 7 heteroatoms. The van der Waals surface area contributed by atoms with Gasteiger partial charge in [-0.1, -0.05) is 35.3 Å². The van der Waals surface area contributed by atoms with E-state index in [0.29, 0.717) is 16.1 Å². The molecule has 0 bridgehead atoms. The summed E-state index contributed by atoms with van der Waals surface area (Å²) >= 11 is 12.0. The van der Waals surface area contributed by atoms with Crippen molar-refractivity contribution in [2.24, 2.45) is 0 Å². The Balaban J connectivity index is 2.57. The minimum atomic E-state index is -0.806. The van der Waals surface area contributed by atoms with Crippen molar-refractivity contribution in [1.82, 2.24) is 9.97 Å². The monoisotopic (exact) mass is 319 g/mol. The highest BCUT2D eigenvalue weighted by Crippen LogP contribution is 2.28. The van der Waals surface area contributed by atoms with Crippen LogP contribution in [0.3, 0.4) is 0 Å². The first-order valence-electron chi connectivity index (χ1n) is 5.92. The molecule has 0 aliphatic heterocycles. The number of fused-ring (bicyclic) bond motifs is 1. The molecule has 5 nitrogen and oxygen atoms in total. The van der Waals surface area contributed by atoms with Crippen LogP contribution < -0.4 is 10.3 Å². The number of hydrogen-bond donors (Lipinski definition) is 0. The van der Waals surface area contributed by atoms with E-state index in [1.165, 1.54) is 6.07 Å². The Morgan fingerprint density at radius 2 is 1.86 bits per heavy atom. The lowest BCUT2D eigenvalue weighted by atomic mass is 10.1. The Bertz CT molecular complexity index is 916. The van der Waals surface area contributed by atoms with Gasteiger partial charge >= 0.3 is 5.56 Å². The van der Waals surface area contributed by atoms with Crippen LogP contribution in [0.25, 0.3) is 22.3 Å². The Labute approximate surface area is 129 Å². The number of halogens is 2. The summed E-state index contributed by atoms with van der Waals surface area (Å²) in [5.74, 6) is 0. The standard InChI is InChI=1S/C14H7Cl2N3O2/c15-9-4-2-1-3-8(9)14-13-10(5-6-11(16)18-13)17-7-12(20)19(14)21/h1-7H. The van der Waals surface area contributed by atoms with Crippen LogP contribution in [-0.4, -0.2) is 9.97 Å². The predicted molar refractivity (Wildman–Crippen MR) is 80.2 cm³/mol. The molecule has 0 spiro atoms. The summed E-state index contributed by atoms with van der Waals surface area (Å²) in [6.45, 7) is 0. The molecule has 2 aromatic heterocycles. The second-order valence-corrected chi connectivity index (χ2v) is 5.02. The summed E-state index contributed by atoms with van der Waals surface area (Å²) in [6.07, 6.45) is 0.950. The van der Waals surface area contributed by atoms with E-state index in [0.717, 1.165) is 6.20 Å². The van der Waals surface area contributed by atoms with Gasteiger partial charge in [-0.25, -0.2) is 14.8 Å². The van der Waals surface area contributed by atoms with Crippen molar-refractivity contribution in [1.29, 1.82) is 0 Å². The number of rotatable bonds is 1. The molecule has 1 aromatic carbocycles. The van der Waals surface area contributed by atoms with Gasteiger partial charge in [0.1, 0.15) is 11.3 Å². The van der Waals surface area contributed by atoms with Crippen molar-refractivity contribution in [3.8, 4) is 11.3 Å². The van der Waals surface area contributed by atoms with Crippen LogP contribution in [0.15, 0.2) is 47.4 Å². The maximum Gasteiger partial charge on any atom is 0.442 e. The van der Waals surface area contributed by atoms with Gasteiger partial charge in [-0.05, 0) is 24.3 Å². The zero-order valence-electron chi connectivity index (χ0n) is 10.5. The Morgan fingerprint density at radius 3 is 2.62 bits per heavy atom. The fourth-order valence-electron chi connectivity index (χ4n) is 1.98. The van der Waals surface area contributed by atoms with Crippen LogP contribution in [-0.2, 0) is 0 Å². The van der Waals surface area contributed by atoms with Crippen LogP contribution in [0.2, 0.25) is 10.2 Å². The van der Waals surface area contributed by atoms with E-state index in [4.69, 9.17) is 23.2 Å². The van der Waals surface area contributed by atoms with Crippen molar-refractivity contribution >= 4 is 34.2 Å². The summed E-state index contributed by atoms with van der Waals surface area (Å²) in [6, 6.07) is 9.81. The molecule has 0 amide bonds. The van der Waals surface area contributed by atoms with Crippen LogP contribution in [0.1, 0.15) is 0 Å². The summed E-state index contributed by atoms with van der Waals surface area (Å²) in [7, 11) is 0. The molecule has 21 heavy (non-hydrogen) atoms. The van der Waals surface area contributed by atoms with Gasteiger partial charge in [0.15, 0.2) is 5.52 Å². The van der Waals surface area contributed by atoms with Gasteiger partial charge in [0, 0.05) is 0 Å². The number of aromatic nitrogens is 3. The molecule has 0 saturated heterocycles. The molecule has 0 aliphatic rings. The zero-order valence-corrected chi connectivity index (χ0v) is 12.0. The third kappa shape index (κ3) is 2.41. The van der Waals surface area contributed by atoms with E-state index in [9.17, 15) is 10.0 Å². The Hall–Kier alpha value is -2.24. The van der Waals surface area contributed by atoms with Crippen LogP contribution >= 0.6 is 23.2 Å². The molecule has 0 saturated carbocycles. The van der Waals surface area contributed by atoms with E-state index in [1.807, 2.05) is 0 Å². The summed E-state index contributed by atoms with van der Waals surface area (Å²) < 4.78 is 0.222. The van der Waals surface area contributed by atoms with E-state index in [1.54, 1.807) is 30.3 Å². The molecule has 2 heterocycles. The quantitative estimate of drug-likeness (QED) is 0.392. The largest absolute Gasteiger partial charge is 0.615 e. The molecule has 0 aliphatic carbocycles. The van der Waals surface area contributed by atoms with Gasteiger partial charge in [-0.3, -0.25) is 0 Å². The molecule has 0 fully saturated rings. The molecular weight excluding hydrogens is 313 g/mol. The van der Waals surface area contributed by atoms with E-state index >= 15 is 0 Å². The van der Waals surface area contributed by atoms with Crippen LogP contribution in [0, 0.1) is 5.21 Å². The van der Waals surface area contributed by atoms with Gasteiger partial charge in [-0.15, -0.1) is 4.73 Å². The van der Waals surface area contributed by atoms with Crippen molar-refractivity contribution in [3.63, 3.8) is 0 Å². The molecule has 0 atom stereocenters. The Morgan fingerprint density at radius 1 is 1.10 bits per heavy atom. The average Bonchev–Trinajstić information content (AvgIpc) is 2.58. The van der Waals surface area contributed by atoms with E-state index in [2.05, 4.69) is 9.97 Å². The second-order valence-electron chi connectivity index (χ2n) is 4.22. The molecule has 104 valence electrons. The molecule has 0 unspecified atom stereocenters. The minimum absolute atomic E-state index is 0.0283. The van der Waals surface area contributed by atoms with Crippen LogP contribution in [0.4, 0.5) is 0 Å². The number of hydrogen-bond acceptors (Lipinski definition) is 4. The van der Waals surface area contributed by atoms with E-state index < -0.39 is 5.56 Å². The fourth-order valence-corrected chi connectivity index (χ4v) is 2.35. The third-order valence-electron chi connectivity index (χ3n) is 2.91. The van der Waals surface area contributed by atoms with Gasteiger partial charge in [0.25, 0.3) is 5.69 Å². The molecular formula is C14H7Cl2N3O2. The summed E-state index contributed by atoms with van der Waals surface area (Å²) in [5.41, 5.74) is 0.206. The summed E-state index contributed by atoms with van der Waals surface area (Å²) in [5, 5.41) is 12.8. The highest BCUT2D eigenvalue weighted by atomic mass is 35.5. The lowest BCUT2D eigenvalue weighted by Gasteiger charge is -2.04. The fraction of sp³-hybridized carbons (Fsp3) is 0. The van der Waals surface area contributed by atoms with Gasteiger partial charge < -0.3 is 5.21 Å². The summed E-state index contributed by atoms with van der Waals surface area (Å²) in [4.78, 5) is 19.9. The molecule has 3 aromatic rings. The molecule has 3 rings (SSSR count). The van der Waals surface area contributed by atoms with Crippen molar-refractivity contribution in [2.45, 2.75) is 0 Å². The molecule has 0 radical (unpaired) electrons. The first-order valence-corrected chi connectivity index (χ1v) is 6.67. The number of nitrogens with zero attached hydrogens (tertiary/aromatic N) is 3. The lowest BCUT2D eigenvalue weighted by Crippen LogP contribution is -2.44. The smallest absolute Gasteiger partial charge is 0.442 e. The minimum Gasteiger partial charge on any atom is -0.615 e. The maximum absolute atomic E-state index is 12.3. The highest BCUT2D eigenvalue weighted by Gasteiger charge is 2.20. The number of pyridine rings is 1. The SMILES string of the molecule is O=c1cnc2ccc(Cl)nc2c(-c2ccccc2Cl)[n+]1[O-]. The molecule has 0 N–H and O–H groups in total. The lowest BCUT2D eigenvalue weighted by molar-refractivity contribution is -0.607. The van der Waals surface area contributed by atoms with Crippen LogP contribution in [0.5, 0.6) is 0 Å². The van der Waals surface area contributed by atoms with Crippen molar-refractivity contribution < 1.29 is 4.73 Å². The maximum atomic E-state index is 12.3. The van der Waals surface area contributed by atoms with Gasteiger partial charge in [0.05, 0.1) is 16.1 Å². The van der Waals surface area contributed by atoms with Crippen molar-refractivity contribution in [2.75, 3.05) is 0 Å².